The Kier molecular flexibility index (Phi) is 4.40. The van der Waals surface area contributed by atoms with E-state index in [9.17, 15) is 13.2 Å². The van der Waals surface area contributed by atoms with E-state index in [1.807, 2.05) is 6.92 Å². The van der Waals surface area contributed by atoms with E-state index in [0.717, 1.165) is 10.7 Å². The molecule has 1 aromatic heterocycles. The predicted octanol–water partition coefficient (Wildman–Crippen LogP) is 0.750. The summed E-state index contributed by atoms with van der Waals surface area (Å²) in [5, 5.41) is 9.02. The summed E-state index contributed by atoms with van der Waals surface area (Å²) in [5.41, 5.74) is 0. The molecular weight excluding hydrogens is 302 g/mol. The Morgan fingerprint density at radius 1 is 1.60 bits per heavy atom. The van der Waals surface area contributed by atoms with E-state index in [1.54, 1.807) is 11.5 Å². The van der Waals surface area contributed by atoms with Gasteiger partial charge in [-0.05, 0) is 13.3 Å². The number of hydrogen-bond donors (Lipinski definition) is 1. The van der Waals surface area contributed by atoms with Gasteiger partial charge in [0.2, 0.25) is 0 Å². The lowest BCUT2D eigenvalue weighted by atomic mass is 10.4. The van der Waals surface area contributed by atoms with Gasteiger partial charge in [0.1, 0.15) is 11.9 Å². The molecular formula is C11H17N3O4S2. The molecule has 0 spiro atoms. The van der Waals surface area contributed by atoms with Crippen molar-refractivity contribution in [3.63, 3.8) is 0 Å². The van der Waals surface area contributed by atoms with Crippen LogP contribution in [0.1, 0.15) is 19.2 Å². The zero-order valence-corrected chi connectivity index (χ0v) is 12.9. The fraction of sp³-hybridized carbons (Fsp3) is 0.636. The van der Waals surface area contributed by atoms with Gasteiger partial charge in [0, 0.05) is 18.5 Å². The van der Waals surface area contributed by atoms with E-state index in [1.165, 1.54) is 18.0 Å². The maximum atomic E-state index is 12.5. The number of nitrogens with zero attached hydrogens (tertiary/aromatic N) is 3. The summed E-state index contributed by atoms with van der Waals surface area (Å²) in [6.07, 6.45) is 2.35. The van der Waals surface area contributed by atoms with Crippen LogP contribution in [-0.4, -0.2) is 51.0 Å². The van der Waals surface area contributed by atoms with Gasteiger partial charge in [-0.25, -0.2) is 13.4 Å². The van der Waals surface area contributed by atoms with Crippen molar-refractivity contribution in [1.29, 1.82) is 0 Å². The lowest BCUT2D eigenvalue weighted by Crippen LogP contribution is -2.41. The zero-order chi connectivity index (χ0) is 14.9. The molecule has 1 aliphatic rings. The molecule has 9 heteroatoms. The number of carboxylic acids is 1. The van der Waals surface area contributed by atoms with E-state index in [-0.39, 0.29) is 16.7 Å². The number of thioether (sulfide) groups is 1. The lowest BCUT2D eigenvalue weighted by Gasteiger charge is -2.18. The van der Waals surface area contributed by atoms with E-state index in [4.69, 9.17) is 5.11 Å². The minimum Gasteiger partial charge on any atom is -0.480 e. The number of aromatic nitrogens is 2. The molecule has 0 bridgehead atoms. The first-order chi connectivity index (χ1) is 9.37. The third-order valence-corrected chi connectivity index (χ3v) is 6.02. The Balaban J connectivity index is 2.35. The molecule has 2 rings (SSSR count). The molecule has 20 heavy (non-hydrogen) atoms. The van der Waals surface area contributed by atoms with Crippen LogP contribution in [0.2, 0.25) is 0 Å². The van der Waals surface area contributed by atoms with Gasteiger partial charge in [-0.1, -0.05) is 6.92 Å². The average Bonchev–Trinajstić information content (AvgIpc) is 2.98. The maximum absolute atomic E-state index is 12.5. The largest absolute Gasteiger partial charge is 0.480 e. The summed E-state index contributed by atoms with van der Waals surface area (Å²) in [6.45, 7) is 4.42. The smallest absolute Gasteiger partial charge is 0.322 e. The van der Waals surface area contributed by atoms with Crippen molar-refractivity contribution in [2.75, 3.05) is 11.6 Å². The highest BCUT2D eigenvalue weighted by Crippen LogP contribution is 2.28. The van der Waals surface area contributed by atoms with Crippen LogP contribution in [0, 0.1) is 6.92 Å². The van der Waals surface area contributed by atoms with Gasteiger partial charge < -0.3 is 9.67 Å². The van der Waals surface area contributed by atoms with Crippen LogP contribution in [0.15, 0.2) is 11.2 Å². The molecule has 1 aliphatic heterocycles. The minimum absolute atomic E-state index is 0.0720. The third kappa shape index (κ3) is 2.70. The van der Waals surface area contributed by atoms with Crippen LogP contribution in [-0.2, 0) is 21.4 Å². The second-order valence-corrected chi connectivity index (χ2v) is 7.40. The first-order valence-electron chi connectivity index (χ1n) is 6.24. The Hall–Kier alpha value is -1.06. The number of aryl methyl sites for hydroxylation is 2. The van der Waals surface area contributed by atoms with Gasteiger partial charge in [0.15, 0.2) is 5.03 Å². The molecule has 7 nitrogen and oxygen atoms in total. The van der Waals surface area contributed by atoms with Crippen molar-refractivity contribution in [2.45, 2.75) is 37.9 Å². The molecule has 0 unspecified atom stereocenters. The molecule has 0 aliphatic carbocycles. The van der Waals surface area contributed by atoms with Gasteiger partial charge in [-0.15, -0.1) is 11.8 Å². The van der Waals surface area contributed by atoms with Crippen molar-refractivity contribution >= 4 is 27.8 Å². The molecule has 1 aromatic rings. The highest BCUT2D eigenvalue weighted by molar-refractivity contribution is 8.00. The highest BCUT2D eigenvalue weighted by atomic mass is 32.2. The zero-order valence-electron chi connectivity index (χ0n) is 11.3. The number of rotatable bonds is 5. The van der Waals surface area contributed by atoms with E-state index in [2.05, 4.69) is 4.98 Å². The Labute approximate surface area is 122 Å². The number of carboxylic acid groups (broad SMARTS) is 1. The van der Waals surface area contributed by atoms with Gasteiger partial charge >= 0.3 is 5.97 Å². The minimum atomic E-state index is -3.85. The standard InChI is InChI=1S/C11H17N3O4S2/c1-3-4-13-5-10(12-8(13)2)20(17,18)14-7-19-6-9(14)11(15)16/h5,9H,3-4,6-7H2,1-2H3,(H,15,16)/t9-/m0/s1. The fourth-order valence-electron chi connectivity index (χ4n) is 2.05. The summed E-state index contributed by atoms with van der Waals surface area (Å²) in [4.78, 5) is 15.2. The number of sulfonamides is 1. The molecule has 0 saturated carbocycles. The van der Waals surface area contributed by atoms with Crippen LogP contribution in [0.3, 0.4) is 0 Å². The van der Waals surface area contributed by atoms with E-state index >= 15 is 0 Å². The van der Waals surface area contributed by atoms with Crippen molar-refractivity contribution in [2.24, 2.45) is 0 Å². The maximum Gasteiger partial charge on any atom is 0.322 e. The number of hydrogen-bond acceptors (Lipinski definition) is 5. The molecule has 1 fully saturated rings. The van der Waals surface area contributed by atoms with Gasteiger partial charge in [0.25, 0.3) is 10.0 Å². The van der Waals surface area contributed by atoms with Crippen molar-refractivity contribution < 1.29 is 18.3 Å². The quantitative estimate of drug-likeness (QED) is 0.861. The SMILES string of the molecule is CCCn1cc(S(=O)(=O)N2CSC[C@H]2C(=O)O)nc1C. The molecule has 1 N–H and O–H groups in total. The topological polar surface area (TPSA) is 92.5 Å². The first kappa shape index (κ1) is 15.3. The summed E-state index contributed by atoms with van der Waals surface area (Å²) in [5.74, 6) is -0.0882. The molecule has 0 radical (unpaired) electrons. The Bertz CT molecular complexity index is 611. The van der Waals surface area contributed by atoms with Crippen molar-refractivity contribution in [3.05, 3.63) is 12.0 Å². The first-order valence-corrected chi connectivity index (χ1v) is 8.83. The summed E-state index contributed by atoms with van der Waals surface area (Å²) < 4.78 is 27.8. The Morgan fingerprint density at radius 2 is 2.30 bits per heavy atom. The monoisotopic (exact) mass is 319 g/mol. The fourth-order valence-corrected chi connectivity index (χ4v) is 5.18. The molecule has 112 valence electrons. The lowest BCUT2D eigenvalue weighted by molar-refractivity contribution is -0.140. The van der Waals surface area contributed by atoms with Gasteiger partial charge in [-0.2, -0.15) is 4.31 Å². The van der Waals surface area contributed by atoms with Crippen LogP contribution >= 0.6 is 11.8 Å². The third-order valence-electron chi connectivity index (χ3n) is 3.12. The van der Waals surface area contributed by atoms with Gasteiger partial charge in [-0.3, -0.25) is 4.79 Å². The highest BCUT2D eigenvalue weighted by Gasteiger charge is 2.41. The van der Waals surface area contributed by atoms with Crippen LogP contribution in [0.25, 0.3) is 0 Å². The second kappa shape index (κ2) is 5.74. The average molecular weight is 319 g/mol. The van der Waals surface area contributed by atoms with Crippen LogP contribution in [0.4, 0.5) is 0 Å². The number of carbonyl (C=O) groups is 1. The van der Waals surface area contributed by atoms with Crippen molar-refractivity contribution in [3.8, 4) is 0 Å². The van der Waals surface area contributed by atoms with Crippen LogP contribution in [0.5, 0.6) is 0 Å². The Morgan fingerprint density at radius 3 is 2.90 bits per heavy atom. The molecule has 1 atom stereocenters. The van der Waals surface area contributed by atoms with Crippen molar-refractivity contribution in [1.82, 2.24) is 13.9 Å². The van der Waals surface area contributed by atoms with E-state index in [0.29, 0.717) is 12.4 Å². The van der Waals surface area contributed by atoms with Gasteiger partial charge in [0.05, 0.1) is 5.88 Å². The second-order valence-electron chi connectivity index (χ2n) is 4.57. The molecule has 1 saturated heterocycles. The summed E-state index contributed by atoms with van der Waals surface area (Å²) in [6, 6.07) is -1.01. The summed E-state index contributed by atoms with van der Waals surface area (Å²) in [7, 11) is -3.85. The molecule has 0 aromatic carbocycles. The molecule has 2 heterocycles. The number of aliphatic carboxylic acids is 1. The summed E-state index contributed by atoms with van der Waals surface area (Å²) >= 11 is 1.29. The molecule has 0 amide bonds. The normalized spacial score (nSPS) is 20.4. The van der Waals surface area contributed by atoms with E-state index < -0.39 is 22.0 Å². The number of imidazole rings is 1. The van der Waals surface area contributed by atoms with Crippen LogP contribution < -0.4 is 0 Å². The predicted molar refractivity (Wildman–Crippen MR) is 75.0 cm³/mol.